The van der Waals surface area contributed by atoms with Crippen LogP contribution in [0.2, 0.25) is 0 Å². The minimum absolute atomic E-state index is 0.262. The van der Waals surface area contributed by atoms with Gasteiger partial charge in [0, 0.05) is 14.2 Å². The van der Waals surface area contributed by atoms with Crippen LogP contribution in [0, 0.1) is 11.3 Å². The van der Waals surface area contributed by atoms with Crippen molar-refractivity contribution in [2.45, 2.75) is 12.7 Å². The highest BCUT2D eigenvalue weighted by Gasteiger charge is 2.26. The van der Waals surface area contributed by atoms with Crippen molar-refractivity contribution in [3.63, 3.8) is 0 Å². The van der Waals surface area contributed by atoms with Crippen LogP contribution in [0.4, 0.5) is 0 Å². The highest BCUT2D eigenvalue weighted by atomic mass is 16.7. The van der Waals surface area contributed by atoms with Crippen molar-refractivity contribution in [2.24, 2.45) is 0 Å². The van der Waals surface area contributed by atoms with E-state index in [-0.39, 0.29) is 5.57 Å². The van der Waals surface area contributed by atoms with Crippen LogP contribution in [0.25, 0.3) is 0 Å². The number of hydrogen-bond donors (Lipinski definition) is 0. The van der Waals surface area contributed by atoms with Crippen LogP contribution in [-0.2, 0) is 9.47 Å². The number of rotatable bonds is 3. The van der Waals surface area contributed by atoms with Gasteiger partial charge in [0.1, 0.15) is 0 Å². The predicted molar refractivity (Wildman–Crippen MR) is 37.2 cm³/mol. The molecule has 3 heteroatoms. The van der Waals surface area contributed by atoms with Crippen LogP contribution in [-0.4, -0.2) is 20.0 Å². The Morgan fingerprint density at radius 2 is 1.90 bits per heavy atom. The van der Waals surface area contributed by atoms with E-state index in [1.165, 1.54) is 14.2 Å². The van der Waals surface area contributed by atoms with E-state index in [9.17, 15) is 0 Å². The quantitative estimate of drug-likeness (QED) is 0.436. The van der Waals surface area contributed by atoms with E-state index in [0.717, 1.165) is 0 Å². The van der Waals surface area contributed by atoms with Crippen LogP contribution >= 0.6 is 0 Å². The van der Waals surface area contributed by atoms with E-state index < -0.39 is 5.79 Å². The van der Waals surface area contributed by atoms with Gasteiger partial charge in [0.15, 0.2) is 0 Å². The Hall–Kier alpha value is -0.850. The second kappa shape index (κ2) is 3.35. The van der Waals surface area contributed by atoms with Gasteiger partial charge in [-0.2, -0.15) is 5.26 Å². The molecule has 0 fully saturated rings. The van der Waals surface area contributed by atoms with Gasteiger partial charge in [-0.1, -0.05) is 6.58 Å². The monoisotopic (exact) mass is 141 g/mol. The topological polar surface area (TPSA) is 42.2 Å². The Kier molecular flexibility index (Phi) is 3.07. The minimum Gasteiger partial charge on any atom is -0.349 e. The molecule has 0 heterocycles. The second-order valence-electron chi connectivity index (χ2n) is 1.94. The molecule has 0 saturated heterocycles. The Labute approximate surface area is 60.9 Å². The molecule has 0 spiro atoms. The molecule has 0 radical (unpaired) electrons. The van der Waals surface area contributed by atoms with E-state index in [1.54, 1.807) is 6.92 Å². The van der Waals surface area contributed by atoms with Gasteiger partial charge < -0.3 is 9.47 Å². The lowest BCUT2D eigenvalue weighted by molar-refractivity contribution is -0.161. The molecule has 0 saturated carbocycles. The third kappa shape index (κ3) is 1.56. The van der Waals surface area contributed by atoms with Crippen LogP contribution in [0.3, 0.4) is 0 Å². The summed E-state index contributed by atoms with van der Waals surface area (Å²) in [4.78, 5) is 0. The van der Waals surface area contributed by atoms with Gasteiger partial charge in [-0.15, -0.1) is 0 Å². The van der Waals surface area contributed by atoms with Crippen molar-refractivity contribution in [2.75, 3.05) is 14.2 Å². The third-order valence-corrected chi connectivity index (χ3v) is 1.46. The fourth-order valence-electron chi connectivity index (χ4n) is 0.431. The Balaban J connectivity index is 4.36. The highest BCUT2D eigenvalue weighted by Crippen LogP contribution is 2.18. The summed E-state index contributed by atoms with van der Waals surface area (Å²) in [6.45, 7) is 5.11. The van der Waals surface area contributed by atoms with Gasteiger partial charge in [0.25, 0.3) is 0 Å². The van der Waals surface area contributed by atoms with Gasteiger partial charge >= 0.3 is 0 Å². The molecular formula is C7H11NO2. The molecule has 56 valence electrons. The zero-order valence-corrected chi connectivity index (χ0v) is 6.47. The molecule has 0 N–H and O–H groups in total. The summed E-state index contributed by atoms with van der Waals surface area (Å²) in [5.41, 5.74) is 0.262. The van der Waals surface area contributed by atoms with Gasteiger partial charge in [0.2, 0.25) is 5.79 Å². The summed E-state index contributed by atoms with van der Waals surface area (Å²) >= 11 is 0. The first-order valence-corrected chi connectivity index (χ1v) is 2.80. The van der Waals surface area contributed by atoms with E-state index >= 15 is 0 Å². The van der Waals surface area contributed by atoms with Crippen molar-refractivity contribution >= 4 is 0 Å². The molecule has 0 unspecified atom stereocenters. The van der Waals surface area contributed by atoms with E-state index in [4.69, 9.17) is 14.7 Å². The molecule has 0 rings (SSSR count). The van der Waals surface area contributed by atoms with Crippen molar-refractivity contribution in [1.82, 2.24) is 0 Å². The van der Waals surface area contributed by atoms with Crippen LogP contribution in [0.1, 0.15) is 6.92 Å². The molecule has 0 amide bonds. The number of ether oxygens (including phenoxy) is 2. The lowest BCUT2D eigenvalue weighted by atomic mass is 10.1. The zero-order valence-electron chi connectivity index (χ0n) is 6.47. The van der Waals surface area contributed by atoms with Gasteiger partial charge in [0.05, 0.1) is 11.6 Å². The van der Waals surface area contributed by atoms with Crippen LogP contribution < -0.4 is 0 Å². The molecular weight excluding hydrogens is 130 g/mol. The summed E-state index contributed by atoms with van der Waals surface area (Å²) in [6.07, 6.45) is 0. The van der Waals surface area contributed by atoms with Crippen molar-refractivity contribution < 1.29 is 9.47 Å². The molecule has 10 heavy (non-hydrogen) atoms. The minimum atomic E-state index is -0.964. The second-order valence-corrected chi connectivity index (χ2v) is 1.94. The first-order valence-electron chi connectivity index (χ1n) is 2.80. The zero-order chi connectivity index (χ0) is 8.20. The molecule has 0 aromatic carbocycles. The normalized spacial score (nSPS) is 10.6. The maximum absolute atomic E-state index is 8.42. The lowest BCUT2D eigenvalue weighted by Crippen LogP contribution is -2.30. The molecule has 0 aliphatic rings. The summed E-state index contributed by atoms with van der Waals surface area (Å²) in [5.74, 6) is -0.964. The Morgan fingerprint density at radius 3 is 2.00 bits per heavy atom. The standard InChI is InChI=1S/C7H11NO2/c1-6(5-8)7(2,9-3)10-4/h1H2,2-4H3. The van der Waals surface area contributed by atoms with Gasteiger partial charge in [-0.25, -0.2) is 0 Å². The summed E-state index contributed by atoms with van der Waals surface area (Å²) in [5, 5.41) is 8.42. The molecule has 0 aliphatic carbocycles. The van der Waals surface area contributed by atoms with Gasteiger partial charge in [-0.3, -0.25) is 0 Å². The molecule has 3 nitrogen and oxygen atoms in total. The number of nitrogens with zero attached hydrogens (tertiary/aromatic N) is 1. The third-order valence-electron chi connectivity index (χ3n) is 1.46. The molecule has 0 atom stereocenters. The lowest BCUT2D eigenvalue weighted by Gasteiger charge is -2.24. The van der Waals surface area contributed by atoms with Crippen LogP contribution in [0.15, 0.2) is 12.2 Å². The number of hydrogen-bond acceptors (Lipinski definition) is 3. The van der Waals surface area contributed by atoms with E-state index in [0.29, 0.717) is 0 Å². The Bertz CT molecular complexity index is 165. The molecule has 0 aromatic rings. The number of methoxy groups -OCH3 is 2. The number of nitriles is 1. The van der Waals surface area contributed by atoms with E-state index in [2.05, 4.69) is 6.58 Å². The fraction of sp³-hybridized carbons (Fsp3) is 0.571. The maximum atomic E-state index is 8.42. The van der Waals surface area contributed by atoms with Crippen molar-refractivity contribution in [3.05, 3.63) is 12.2 Å². The largest absolute Gasteiger partial charge is 0.349 e. The fourth-order valence-corrected chi connectivity index (χ4v) is 0.431. The SMILES string of the molecule is C=C(C#N)C(C)(OC)OC. The smallest absolute Gasteiger partial charge is 0.200 e. The predicted octanol–water partition coefficient (Wildman–Crippen LogP) is 1.08. The average Bonchev–Trinajstić information content (AvgIpc) is 2.01. The average molecular weight is 141 g/mol. The highest BCUT2D eigenvalue weighted by molar-refractivity contribution is 5.23. The first-order chi connectivity index (χ1) is 4.60. The summed E-state index contributed by atoms with van der Waals surface area (Å²) < 4.78 is 9.79. The summed E-state index contributed by atoms with van der Waals surface area (Å²) in [7, 11) is 2.93. The molecule has 0 aliphatic heterocycles. The van der Waals surface area contributed by atoms with Crippen LogP contribution in [0.5, 0.6) is 0 Å². The molecule has 0 bridgehead atoms. The van der Waals surface area contributed by atoms with E-state index in [1.807, 2.05) is 6.07 Å². The van der Waals surface area contributed by atoms with Gasteiger partial charge in [-0.05, 0) is 6.92 Å². The summed E-state index contributed by atoms with van der Waals surface area (Å²) in [6, 6.07) is 1.86. The molecule has 0 aromatic heterocycles. The van der Waals surface area contributed by atoms with Crippen molar-refractivity contribution in [1.29, 1.82) is 5.26 Å². The Morgan fingerprint density at radius 1 is 1.50 bits per heavy atom. The first kappa shape index (κ1) is 9.15. The van der Waals surface area contributed by atoms with Crippen molar-refractivity contribution in [3.8, 4) is 6.07 Å². The maximum Gasteiger partial charge on any atom is 0.200 e.